The number of nitrogens with zero attached hydrogens (tertiary/aromatic N) is 2. The third-order valence-corrected chi connectivity index (χ3v) is 8.18. The normalized spacial score (nSPS) is 14.2. The summed E-state index contributed by atoms with van der Waals surface area (Å²) in [4.78, 5) is 61.3. The average Bonchev–Trinajstić information content (AvgIpc) is 3.47. The number of benzene rings is 3. The Balaban J connectivity index is 0.00000117. The highest BCUT2D eigenvalue weighted by Crippen LogP contribution is 2.57. The van der Waals surface area contributed by atoms with Crippen molar-refractivity contribution < 1.29 is 52.8 Å². The molecule has 0 saturated heterocycles. The molecule has 3 aromatic carbocycles. The number of alkyl carbamates (subject to hydrolysis) is 3. The molecule has 0 aliphatic carbocycles. The largest absolute Gasteiger partial charge is 0.465 e. The minimum Gasteiger partial charge on any atom is -0.465 e. The maximum atomic E-state index is 13.3. The van der Waals surface area contributed by atoms with Gasteiger partial charge in [0.2, 0.25) is 0 Å². The molecular formula is C36H42N6O11. The molecule has 1 unspecified atom stereocenters. The second-order valence-electron chi connectivity index (χ2n) is 11.2. The van der Waals surface area contributed by atoms with Gasteiger partial charge in [0.05, 0.1) is 25.2 Å². The average molecular weight is 735 g/mol. The molecule has 1 spiro atoms. The number of rotatable bonds is 12. The van der Waals surface area contributed by atoms with Gasteiger partial charge < -0.3 is 59.9 Å². The number of carboxylic acid groups (broad SMARTS) is 1. The van der Waals surface area contributed by atoms with Crippen molar-refractivity contribution in [2.45, 2.75) is 5.60 Å². The summed E-state index contributed by atoms with van der Waals surface area (Å²) in [5.74, 6) is 0.410. The zero-order chi connectivity index (χ0) is 38.5. The van der Waals surface area contributed by atoms with Crippen molar-refractivity contribution in [1.82, 2.24) is 21.3 Å². The standard InChI is InChI=1S/C34H37N5O9.C2H5NO2/c1-5-38(14-17-44-31(41)35-2)22-10-12-26-28(20-22)47-29-21-23(39(15-18-45-32(42)36-3)16-19-46-33(43)37-4)11-13-27(29)34(26)25-9-7-6-8-24(25)30(40)48-34;1-3-2(4)5/h5-13,20-21H,1,14-19H2,2-4H3,(H,35,41)(H,36,42)(H,37,43);3H,1H3,(H,4,5). The van der Waals surface area contributed by atoms with Crippen molar-refractivity contribution >= 4 is 41.7 Å². The van der Waals surface area contributed by atoms with Gasteiger partial charge in [-0.2, -0.15) is 0 Å². The molecule has 53 heavy (non-hydrogen) atoms. The summed E-state index contributed by atoms with van der Waals surface area (Å²) in [6, 6.07) is 18.3. The van der Waals surface area contributed by atoms with E-state index in [0.717, 1.165) is 0 Å². The summed E-state index contributed by atoms with van der Waals surface area (Å²) in [5, 5.41) is 16.8. The van der Waals surface area contributed by atoms with Gasteiger partial charge in [-0.25, -0.2) is 24.0 Å². The molecule has 4 amide bonds. The van der Waals surface area contributed by atoms with Crippen molar-refractivity contribution in [3.05, 3.63) is 95.7 Å². The van der Waals surface area contributed by atoms with Crippen molar-refractivity contribution in [3.63, 3.8) is 0 Å². The number of carbonyl (C=O) groups excluding carboxylic acids is 4. The maximum absolute atomic E-state index is 13.3. The summed E-state index contributed by atoms with van der Waals surface area (Å²) in [6.07, 6.45) is -1.07. The summed E-state index contributed by atoms with van der Waals surface area (Å²) in [5.41, 5.74) is 2.46. The first-order valence-electron chi connectivity index (χ1n) is 16.4. The molecular weight excluding hydrogens is 692 g/mol. The first-order valence-corrected chi connectivity index (χ1v) is 16.4. The van der Waals surface area contributed by atoms with E-state index in [1.165, 1.54) is 28.2 Å². The number of ether oxygens (including phenoxy) is 5. The van der Waals surface area contributed by atoms with E-state index < -0.39 is 35.9 Å². The summed E-state index contributed by atoms with van der Waals surface area (Å²) in [7, 11) is 5.77. The van der Waals surface area contributed by atoms with Crippen LogP contribution in [0.3, 0.4) is 0 Å². The van der Waals surface area contributed by atoms with Crippen LogP contribution in [-0.2, 0) is 24.5 Å². The first kappa shape index (κ1) is 39.1. The Morgan fingerprint density at radius 2 is 1.23 bits per heavy atom. The fourth-order valence-electron chi connectivity index (χ4n) is 5.67. The number of anilines is 2. The fraction of sp³-hybridized carbons (Fsp3) is 0.306. The van der Waals surface area contributed by atoms with E-state index >= 15 is 0 Å². The topological polar surface area (TPSA) is 206 Å². The Kier molecular flexibility index (Phi) is 13.3. The summed E-state index contributed by atoms with van der Waals surface area (Å²) < 4.78 is 28.5. The van der Waals surface area contributed by atoms with E-state index in [4.69, 9.17) is 28.8 Å². The highest BCUT2D eigenvalue weighted by atomic mass is 16.6. The second-order valence-corrected chi connectivity index (χ2v) is 11.2. The smallest absolute Gasteiger partial charge is 0.406 e. The third-order valence-electron chi connectivity index (χ3n) is 8.18. The molecule has 0 aromatic heterocycles. The molecule has 3 aromatic rings. The highest BCUT2D eigenvalue weighted by Gasteiger charge is 2.53. The van der Waals surface area contributed by atoms with Crippen molar-refractivity contribution in [3.8, 4) is 11.5 Å². The quantitative estimate of drug-likeness (QED) is 0.132. The van der Waals surface area contributed by atoms with Crippen LogP contribution < -0.4 is 35.8 Å². The minimum atomic E-state index is -1.30. The highest BCUT2D eigenvalue weighted by molar-refractivity contribution is 5.97. The van der Waals surface area contributed by atoms with Crippen LogP contribution in [0.5, 0.6) is 11.5 Å². The van der Waals surface area contributed by atoms with Gasteiger partial charge in [-0.15, -0.1) is 0 Å². The van der Waals surface area contributed by atoms with Gasteiger partial charge >= 0.3 is 30.3 Å². The Bertz CT molecular complexity index is 1820. The van der Waals surface area contributed by atoms with Crippen LogP contribution >= 0.6 is 0 Å². The Labute approximate surface area is 305 Å². The van der Waals surface area contributed by atoms with Crippen LogP contribution in [0, 0.1) is 0 Å². The predicted molar refractivity (Wildman–Crippen MR) is 193 cm³/mol. The number of carbonyl (C=O) groups is 5. The number of hydrogen-bond acceptors (Lipinski definition) is 12. The zero-order valence-electron chi connectivity index (χ0n) is 29.7. The molecule has 2 aliphatic rings. The van der Waals surface area contributed by atoms with Crippen LogP contribution in [0.1, 0.15) is 27.0 Å². The molecule has 5 rings (SSSR count). The van der Waals surface area contributed by atoms with Crippen LogP contribution in [0.2, 0.25) is 0 Å². The van der Waals surface area contributed by atoms with Gasteiger partial charge in [-0.05, 0) is 36.5 Å². The molecule has 2 heterocycles. The van der Waals surface area contributed by atoms with Gasteiger partial charge in [-0.1, -0.05) is 24.8 Å². The Morgan fingerprint density at radius 1 is 0.736 bits per heavy atom. The number of nitrogens with one attached hydrogen (secondary N) is 4. The third kappa shape index (κ3) is 8.99. The van der Waals surface area contributed by atoms with Gasteiger partial charge in [0.15, 0.2) is 5.60 Å². The molecule has 0 radical (unpaired) electrons. The van der Waals surface area contributed by atoms with Crippen molar-refractivity contribution in [2.24, 2.45) is 0 Å². The van der Waals surface area contributed by atoms with Gasteiger partial charge in [-0.3, -0.25) is 0 Å². The molecule has 1 atom stereocenters. The number of esters is 1. The lowest BCUT2D eigenvalue weighted by Gasteiger charge is -2.37. The van der Waals surface area contributed by atoms with E-state index in [2.05, 4.69) is 22.5 Å². The van der Waals surface area contributed by atoms with E-state index in [0.29, 0.717) is 51.7 Å². The molecule has 0 saturated carbocycles. The van der Waals surface area contributed by atoms with Gasteiger partial charge in [0, 0.05) is 68.4 Å². The summed E-state index contributed by atoms with van der Waals surface area (Å²) >= 11 is 0. The van der Waals surface area contributed by atoms with Crippen molar-refractivity contribution in [1.29, 1.82) is 0 Å². The number of amides is 4. The lowest BCUT2D eigenvalue weighted by Crippen LogP contribution is -2.35. The van der Waals surface area contributed by atoms with Gasteiger partial charge in [0.25, 0.3) is 0 Å². The van der Waals surface area contributed by atoms with E-state index in [1.54, 1.807) is 23.2 Å². The molecule has 5 N–H and O–H groups in total. The number of hydrogen-bond donors (Lipinski definition) is 5. The Morgan fingerprint density at radius 3 is 1.74 bits per heavy atom. The minimum absolute atomic E-state index is 0.0553. The van der Waals surface area contributed by atoms with Crippen molar-refractivity contribution in [2.75, 3.05) is 77.4 Å². The molecule has 17 heteroatoms. The fourth-order valence-corrected chi connectivity index (χ4v) is 5.67. The Hall–Kier alpha value is -6.65. The van der Waals surface area contributed by atoms with Crippen LogP contribution in [-0.4, -0.2) is 103 Å². The molecule has 2 aliphatic heterocycles. The monoisotopic (exact) mass is 734 g/mol. The zero-order valence-corrected chi connectivity index (χ0v) is 29.7. The van der Waals surface area contributed by atoms with E-state index in [9.17, 15) is 24.0 Å². The SMILES string of the molecule is C=CN(CCOC(=O)NC)c1ccc2c(c1)Oc1cc(N(CCOC(=O)NC)CCOC(=O)NC)ccc1C21OC(=O)c2ccccc21.CNC(=O)O. The molecule has 0 fully saturated rings. The van der Waals surface area contributed by atoms with Crippen LogP contribution in [0.25, 0.3) is 0 Å². The summed E-state index contributed by atoms with van der Waals surface area (Å²) in [6.45, 7) is 5.00. The lowest BCUT2D eigenvalue weighted by atomic mass is 9.77. The predicted octanol–water partition coefficient (Wildman–Crippen LogP) is 3.96. The van der Waals surface area contributed by atoms with Crippen LogP contribution in [0.4, 0.5) is 30.6 Å². The van der Waals surface area contributed by atoms with E-state index in [1.807, 2.05) is 58.7 Å². The van der Waals surface area contributed by atoms with Crippen LogP contribution in [0.15, 0.2) is 73.4 Å². The second kappa shape index (κ2) is 18.0. The molecule has 17 nitrogen and oxygen atoms in total. The van der Waals surface area contributed by atoms with E-state index in [-0.39, 0.29) is 32.9 Å². The van der Waals surface area contributed by atoms with Gasteiger partial charge in [0.1, 0.15) is 31.3 Å². The molecule has 0 bridgehead atoms. The first-order chi connectivity index (χ1) is 25.5. The molecule has 282 valence electrons. The lowest BCUT2D eigenvalue weighted by molar-refractivity contribution is 0.0224. The maximum Gasteiger partial charge on any atom is 0.406 e. The number of fused-ring (bicyclic) bond motifs is 6.